The second-order valence-electron chi connectivity index (χ2n) is 2.82. The van der Waals surface area contributed by atoms with Crippen molar-refractivity contribution in [1.82, 2.24) is 0 Å². The maximum Gasteiger partial charge on any atom is 0.174 e. The van der Waals surface area contributed by atoms with Gasteiger partial charge in [0.25, 0.3) is 0 Å². The van der Waals surface area contributed by atoms with Crippen LogP contribution in [0.4, 0.5) is 0 Å². The molecule has 13 heavy (non-hydrogen) atoms. The third-order valence-electron chi connectivity index (χ3n) is 1.62. The van der Waals surface area contributed by atoms with Gasteiger partial charge in [-0.2, -0.15) is 0 Å². The van der Waals surface area contributed by atoms with E-state index in [9.17, 15) is 4.79 Å². The first-order valence-corrected chi connectivity index (χ1v) is 4.93. The zero-order valence-electron chi connectivity index (χ0n) is 7.53. The van der Waals surface area contributed by atoms with Crippen molar-refractivity contribution >= 4 is 17.1 Å². The lowest BCUT2D eigenvalue weighted by molar-refractivity contribution is 0.0953. The Bertz CT molecular complexity index is 259. The second-order valence-corrected chi connectivity index (χ2v) is 3.77. The van der Waals surface area contributed by atoms with E-state index in [0.717, 1.165) is 4.88 Å². The van der Waals surface area contributed by atoms with Gasteiger partial charge in [0.15, 0.2) is 5.78 Å². The highest BCUT2D eigenvalue weighted by molar-refractivity contribution is 7.12. The van der Waals surface area contributed by atoms with Crippen molar-refractivity contribution in [3.8, 4) is 0 Å². The van der Waals surface area contributed by atoms with Gasteiger partial charge in [0.05, 0.1) is 11.5 Å². The van der Waals surface area contributed by atoms with Gasteiger partial charge in [0, 0.05) is 19.6 Å². The Morgan fingerprint density at radius 2 is 2.54 bits per heavy atom. The number of ketones is 1. The van der Waals surface area contributed by atoms with Crippen LogP contribution in [0.25, 0.3) is 0 Å². The van der Waals surface area contributed by atoms with E-state index in [1.54, 1.807) is 7.11 Å². The standard InChI is InChI=1S/C9H13NO2S/c1-12-6-7(10)5-8(11)9-3-2-4-13-9/h2-4,7H,5-6,10H2,1H3. The van der Waals surface area contributed by atoms with Crippen LogP contribution in [-0.4, -0.2) is 25.5 Å². The molecular weight excluding hydrogens is 186 g/mol. The van der Waals surface area contributed by atoms with Crippen molar-refractivity contribution in [3.63, 3.8) is 0 Å². The number of carbonyl (C=O) groups excluding carboxylic acids is 1. The third-order valence-corrected chi connectivity index (χ3v) is 2.54. The Kier molecular flexibility index (Phi) is 4.08. The van der Waals surface area contributed by atoms with Crippen LogP contribution >= 0.6 is 11.3 Å². The summed E-state index contributed by atoms with van der Waals surface area (Å²) < 4.78 is 4.85. The maximum atomic E-state index is 11.5. The van der Waals surface area contributed by atoms with E-state index in [1.165, 1.54) is 11.3 Å². The van der Waals surface area contributed by atoms with Crippen molar-refractivity contribution in [1.29, 1.82) is 0 Å². The molecule has 0 amide bonds. The Morgan fingerprint density at radius 1 is 1.77 bits per heavy atom. The molecule has 0 aliphatic heterocycles. The fraction of sp³-hybridized carbons (Fsp3) is 0.444. The molecule has 3 nitrogen and oxygen atoms in total. The molecule has 1 heterocycles. The number of hydrogen-bond acceptors (Lipinski definition) is 4. The molecule has 0 radical (unpaired) electrons. The molecule has 0 fully saturated rings. The molecule has 0 saturated carbocycles. The average molecular weight is 199 g/mol. The zero-order valence-corrected chi connectivity index (χ0v) is 8.34. The molecule has 1 aromatic rings. The van der Waals surface area contributed by atoms with E-state index in [0.29, 0.717) is 13.0 Å². The number of Topliss-reactive ketones (excluding diaryl/α,β-unsaturated/α-hetero) is 1. The molecule has 0 aliphatic rings. The first-order valence-electron chi connectivity index (χ1n) is 4.05. The summed E-state index contributed by atoms with van der Waals surface area (Å²) in [5.41, 5.74) is 5.65. The number of ether oxygens (including phenoxy) is 1. The molecule has 0 bridgehead atoms. The highest BCUT2D eigenvalue weighted by Crippen LogP contribution is 2.11. The van der Waals surface area contributed by atoms with E-state index in [2.05, 4.69) is 0 Å². The molecule has 4 heteroatoms. The normalized spacial score (nSPS) is 12.8. The lowest BCUT2D eigenvalue weighted by atomic mass is 10.1. The van der Waals surface area contributed by atoms with Crippen molar-refractivity contribution in [2.45, 2.75) is 12.5 Å². The molecule has 0 saturated heterocycles. The highest BCUT2D eigenvalue weighted by atomic mass is 32.1. The lowest BCUT2D eigenvalue weighted by Gasteiger charge is -2.07. The van der Waals surface area contributed by atoms with Gasteiger partial charge in [-0.15, -0.1) is 11.3 Å². The number of carbonyl (C=O) groups is 1. The molecule has 0 spiro atoms. The summed E-state index contributed by atoms with van der Waals surface area (Å²) in [4.78, 5) is 12.2. The second kappa shape index (κ2) is 5.11. The zero-order chi connectivity index (χ0) is 9.68. The van der Waals surface area contributed by atoms with Crippen LogP contribution in [0.5, 0.6) is 0 Å². The van der Waals surface area contributed by atoms with Crippen molar-refractivity contribution < 1.29 is 9.53 Å². The van der Waals surface area contributed by atoms with Crippen LogP contribution in [0.15, 0.2) is 17.5 Å². The summed E-state index contributed by atoms with van der Waals surface area (Å²) >= 11 is 1.45. The van der Waals surface area contributed by atoms with Gasteiger partial charge in [0.2, 0.25) is 0 Å². The van der Waals surface area contributed by atoms with E-state index in [4.69, 9.17) is 10.5 Å². The minimum absolute atomic E-state index is 0.0968. The van der Waals surface area contributed by atoms with Gasteiger partial charge < -0.3 is 10.5 Å². The fourth-order valence-electron chi connectivity index (χ4n) is 1.05. The topological polar surface area (TPSA) is 52.3 Å². The predicted octanol–water partition coefficient (Wildman–Crippen LogP) is 1.29. The summed E-state index contributed by atoms with van der Waals surface area (Å²) in [6, 6.07) is 3.48. The molecule has 2 N–H and O–H groups in total. The third kappa shape index (κ3) is 3.26. The van der Waals surface area contributed by atoms with Gasteiger partial charge in [-0.3, -0.25) is 4.79 Å². The van der Waals surface area contributed by atoms with E-state index >= 15 is 0 Å². The van der Waals surface area contributed by atoms with Crippen molar-refractivity contribution in [3.05, 3.63) is 22.4 Å². The minimum Gasteiger partial charge on any atom is -0.383 e. The summed E-state index contributed by atoms with van der Waals surface area (Å²) in [7, 11) is 1.58. The first-order chi connectivity index (χ1) is 6.24. The number of rotatable bonds is 5. The van der Waals surface area contributed by atoms with Crippen LogP contribution < -0.4 is 5.73 Å². The van der Waals surface area contributed by atoms with Gasteiger partial charge in [-0.25, -0.2) is 0 Å². The van der Waals surface area contributed by atoms with Crippen molar-refractivity contribution in [2.24, 2.45) is 5.73 Å². The van der Waals surface area contributed by atoms with Gasteiger partial charge in [-0.05, 0) is 11.4 Å². The Labute approximate surface area is 81.5 Å². The molecule has 0 aromatic carbocycles. The first kappa shape index (κ1) is 10.4. The minimum atomic E-state index is -0.195. The lowest BCUT2D eigenvalue weighted by Crippen LogP contribution is -2.28. The SMILES string of the molecule is COCC(N)CC(=O)c1cccs1. The molecule has 0 aliphatic carbocycles. The number of nitrogens with two attached hydrogens (primary N) is 1. The number of methoxy groups -OCH3 is 1. The van der Waals surface area contributed by atoms with Crippen LogP contribution in [0.2, 0.25) is 0 Å². The van der Waals surface area contributed by atoms with E-state index < -0.39 is 0 Å². The summed E-state index contributed by atoms with van der Waals surface area (Å²) in [6.07, 6.45) is 0.356. The van der Waals surface area contributed by atoms with E-state index in [-0.39, 0.29) is 11.8 Å². The molecule has 1 unspecified atom stereocenters. The Morgan fingerprint density at radius 3 is 3.08 bits per heavy atom. The van der Waals surface area contributed by atoms with E-state index in [1.807, 2.05) is 17.5 Å². The molecule has 1 atom stereocenters. The van der Waals surface area contributed by atoms with Crippen LogP contribution in [0.3, 0.4) is 0 Å². The maximum absolute atomic E-state index is 11.5. The number of hydrogen-bond donors (Lipinski definition) is 1. The Balaban J connectivity index is 2.42. The fourth-order valence-corrected chi connectivity index (χ4v) is 1.72. The monoisotopic (exact) mass is 199 g/mol. The smallest absolute Gasteiger partial charge is 0.174 e. The highest BCUT2D eigenvalue weighted by Gasteiger charge is 2.11. The molecule has 72 valence electrons. The summed E-state index contributed by atoms with van der Waals surface area (Å²) in [6.45, 7) is 0.428. The molecule has 1 aromatic heterocycles. The molecular formula is C9H13NO2S. The van der Waals surface area contributed by atoms with Gasteiger partial charge in [-0.1, -0.05) is 6.07 Å². The van der Waals surface area contributed by atoms with Crippen LogP contribution in [0, 0.1) is 0 Å². The number of thiophene rings is 1. The largest absolute Gasteiger partial charge is 0.383 e. The Hall–Kier alpha value is -0.710. The van der Waals surface area contributed by atoms with Crippen molar-refractivity contribution in [2.75, 3.05) is 13.7 Å². The van der Waals surface area contributed by atoms with Gasteiger partial charge >= 0.3 is 0 Å². The average Bonchev–Trinajstić information content (AvgIpc) is 2.55. The predicted molar refractivity (Wildman–Crippen MR) is 53.1 cm³/mol. The summed E-state index contributed by atoms with van der Waals surface area (Å²) in [5, 5.41) is 1.88. The van der Waals surface area contributed by atoms with Gasteiger partial charge in [0.1, 0.15) is 0 Å². The van der Waals surface area contributed by atoms with Crippen LogP contribution in [0.1, 0.15) is 16.1 Å². The quantitative estimate of drug-likeness (QED) is 0.727. The molecule has 1 rings (SSSR count). The summed E-state index contributed by atoms with van der Waals surface area (Å²) in [5.74, 6) is 0.0968. The van der Waals surface area contributed by atoms with Crippen LogP contribution in [-0.2, 0) is 4.74 Å².